The van der Waals surface area contributed by atoms with Gasteiger partial charge in [-0.05, 0) is 24.6 Å². The van der Waals surface area contributed by atoms with Crippen molar-refractivity contribution in [2.45, 2.75) is 12.5 Å². The maximum atomic E-state index is 12.1. The molecule has 1 aromatic rings. The van der Waals surface area contributed by atoms with Crippen LogP contribution in [0.25, 0.3) is 0 Å². The molecule has 0 aromatic heterocycles. The number of rotatable bonds is 3. The third-order valence-corrected chi connectivity index (χ3v) is 5.59. The Hall–Kier alpha value is -1.35. The number of halogens is 1. The van der Waals surface area contributed by atoms with Gasteiger partial charge < -0.3 is 15.4 Å². The molecule has 0 radical (unpaired) electrons. The molecule has 23 heavy (non-hydrogen) atoms. The molecule has 2 aliphatic rings. The highest BCUT2D eigenvalue weighted by atomic mass is 35.5. The molecule has 2 fully saturated rings. The number of carbonyl (C=O) groups is 1. The average Bonchev–Trinajstić information content (AvgIpc) is 2.88. The predicted octanol–water partition coefficient (Wildman–Crippen LogP) is 0.575. The summed E-state index contributed by atoms with van der Waals surface area (Å²) in [5, 5.41) is 5.87. The second-order valence-electron chi connectivity index (χ2n) is 5.34. The van der Waals surface area contributed by atoms with Gasteiger partial charge in [-0.1, -0.05) is 6.07 Å². The van der Waals surface area contributed by atoms with E-state index < -0.39 is 16.1 Å². The summed E-state index contributed by atoms with van der Waals surface area (Å²) in [5.74, 6) is -0.0563. The van der Waals surface area contributed by atoms with E-state index in [-0.39, 0.29) is 24.1 Å². The van der Waals surface area contributed by atoms with E-state index in [4.69, 9.17) is 4.74 Å². The van der Waals surface area contributed by atoms with Gasteiger partial charge >= 0.3 is 0 Å². The van der Waals surface area contributed by atoms with Crippen molar-refractivity contribution in [3.05, 3.63) is 24.3 Å². The van der Waals surface area contributed by atoms with Gasteiger partial charge in [0, 0.05) is 25.3 Å². The molecule has 1 amide bonds. The fourth-order valence-electron chi connectivity index (χ4n) is 2.62. The Labute approximate surface area is 141 Å². The van der Waals surface area contributed by atoms with Gasteiger partial charge in [-0.3, -0.25) is 9.10 Å². The van der Waals surface area contributed by atoms with Crippen LogP contribution < -0.4 is 14.9 Å². The molecule has 3 rings (SSSR count). The molecule has 0 aliphatic carbocycles. The van der Waals surface area contributed by atoms with Crippen molar-refractivity contribution in [1.29, 1.82) is 0 Å². The molecule has 1 atom stereocenters. The number of nitrogens with one attached hydrogen (secondary N) is 2. The van der Waals surface area contributed by atoms with E-state index in [0.29, 0.717) is 37.5 Å². The number of anilines is 2. The third-order valence-electron chi connectivity index (χ3n) is 3.72. The van der Waals surface area contributed by atoms with Crippen LogP contribution in [0.1, 0.15) is 6.42 Å². The Bertz CT molecular complexity index is 662. The molecule has 0 bridgehead atoms. The summed E-state index contributed by atoms with van der Waals surface area (Å²) in [6.45, 7) is 2.21. The number of nitrogens with zero attached hydrogens (tertiary/aromatic N) is 1. The Morgan fingerprint density at radius 2 is 2.22 bits per heavy atom. The highest BCUT2D eigenvalue weighted by molar-refractivity contribution is 7.93. The summed E-state index contributed by atoms with van der Waals surface area (Å²) in [7, 11) is -3.22. The summed E-state index contributed by atoms with van der Waals surface area (Å²) in [6, 6.07) is 6.88. The summed E-state index contributed by atoms with van der Waals surface area (Å²) in [6.07, 6.45) is 0.105. The molecule has 128 valence electrons. The molecule has 2 heterocycles. The second kappa shape index (κ2) is 7.48. The highest BCUT2D eigenvalue weighted by Gasteiger charge is 2.28. The lowest BCUT2D eigenvalue weighted by atomic mass is 10.2. The minimum atomic E-state index is -3.22. The molecule has 1 unspecified atom stereocenters. The van der Waals surface area contributed by atoms with E-state index in [1.54, 1.807) is 24.3 Å². The largest absolute Gasteiger partial charge is 0.366 e. The van der Waals surface area contributed by atoms with Crippen molar-refractivity contribution in [3.63, 3.8) is 0 Å². The van der Waals surface area contributed by atoms with Gasteiger partial charge in [-0.2, -0.15) is 0 Å². The zero-order valence-electron chi connectivity index (χ0n) is 12.5. The molecule has 7 nitrogen and oxygen atoms in total. The number of hydrogen-bond donors (Lipinski definition) is 2. The predicted molar refractivity (Wildman–Crippen MR) is 90.7 cm³/mol. The fraction of sp³-hybridized carbons (Fsp3) is 0.500. The van der Waals surface area contributed by atoms with E-state index in [9.17, 15) is 13.2 Å². The zero-order valence-corrected chi connectivity index (χ0v) is 14.2. The molecule has 2 aliphatic heterocycles. The van der Waals surface area contributed by atoms with Gasteiger partial charge in [0.15, 0.2) is 0 Å². The Balaban J connectivity index is 0.00000192. The summed E-state index contributed by atoms with van der Waals surface area (Å²) in [4.78, 5) is 12.1. The van der Waals surface area contributed by atoms with E-state index in [1.165, 1.54) is 4.31 Å². The molecular formula is C14H20ClN3O4S. The van der Waals surface area contributed by atoms with E-state index in [1.807, 2.05) is 0 Å². The van der Waals surface area contributed by atoms with Crippen LogP contribution in [0.4, 0.5) is 11.4 Å². The smallest absolute Gasteiger partial charge is 0.254 e. The van der Waals surface area contributed by atoms with Gasteiger partial charge in [-0.15, -0.1) is 12.4 Å². The number of morpholine rings is 1. The number of hydrogen-bond acceptors (Lipinski definition) is 5. The maximum Gasteiger partial charge on any atom is 0.254 e. The van der Waals surface area contributed by atoms with Crippen molar-refractivity contribution in [2.75, 3.05) is 41.6 Å². The highest BCUT2D eigenvalue weighted by Crippen LogP contribution is 2.26. The molecule has 0 spiro atoms. The monoisotopic (exact) mass is 361 g/mol. The van der Waals surface area contributed by atoms with Crippen LogP contribution in [0.15, 0.2) is 24.3 Å². The summed E-state index contributed by atoms with van der Waals surface area (Å²) < 4.78 is 30.7. The van der Waals surface area contributed by atoms with Crippen LogP contribution in [0, 0.1) is 0 Å². The van der Waals surface area contributed by atoms with Crippen molar-refractivity contribution in [1.82, 2.24) is 5.32 Å². The molecule has 2 N–H and O–H groups in total. The quantitative estimate of drug-likeness (QED) is 0.822. The van der Waals surface area contributed by atoms with Gasteiger partial charge in [-0.25, -0.2) is 8.42 Å². The normalized spacial score (nSPS) is 23.1. The van der Waals surface area contributed by atoms with E-state index in [0.717, 1.165) is 6.54 Å². The number of amides is 1. The molecule has 9 heteroatoms. The standard InChI is InChI=1S/C14H19N3O4S.ClH/c18-14(13-10-15-5-7-21-13)16-11-3-1-4-12(9-11)17-6-2-8-22(17,19)20;/h1,3-4,9,13,15H,2,5-8,10H2,(H,16,18);1H. The Kier molecular flexibility index (Phi) is 5.85. The van der Waals surface area contributed by atoms with Crippen molar-refractivity contribution >= 4 is 39.7 Å². The first-order chi connectivity index (χ1) is 10.6. The minimum Gasteiger partial charge on any atom is -0.366 e. The Morgan fingerprint density at radius 1 is 1.39 bits per heavy atom. The van der Waals surface area contributed by atoms with Gasteiger partial charge in [0.25, 0.3) is 5.91 Å². The lowest BCUT2D eigenvalue weighted by Crippen LogP contribution is -2.45. The lowest BCUT2D eigenvalue weighted by molar-refractivity contribution is -0.128. The molecule has 2 saturated heterocycles. The maximum absolute atomic E-state index is 12.1. The topological polar surface area (TPSA) is 87.7 Å². The van der Waals surface area contributed by atoms with Gasteiger partial charge in [0.05, 0.1) is 18.0 Å². The fourth-order valence-corrected chi connectivity index (χ4v) is 4.18. The molecule has 1 aromatic carbocycles. The lowest BCUT2D eigenvalue weighted by Gasteiger charge is -2.23. The van der Waals surface area contributed by atoms with Crippen LogP contribution in [-0.2, 0) is 19.6 Å². The van der Waals surface area contributed by atoms with Crippen molar-refractivity contribution in [3.8, 4) is 0 Å². The van der Waals surface area contributed by atoms with Crippen LogP contribution >= 0.6 is 12.4 Å². The van der Waals surface area contributed by atoms with Crippen molar-refractivity contribution in [2.24, 2.45) is 0 Å². The van der Waals surface area contributed by atoms with Crippen LogP contribution in [0.5, 0.6) is 0 Å². The average molecular weight is 362 g/mol. The van der Waals surface area contributed by atoms with Crippen molar-refractivity contribution < 1.29 is 17.9 Å². The summed E-state index contributed by atoms with van der Waals surface area (Å²) >= 11 is 0. The third kappa shape index (κ3) is 4.14. The number of sulfonamides is 1. The minimum absolute atomic E-state index is 0. The van der Waals surface area contributed by atoms with E-state index >= 15 is 0 Å². The Morgan fingerprint density at radius 3 is 2.87 bits per heavy atom. The number of carbonyl (C=O) groups excluding carboxylic acids is 1. The number of ether oxygens (including phenoxy) is 1. The molecule has 0 saturated carbocycles. The van der Waals surface area contributed by atoms with Crippen LogP contribution in [0.3, 0.4) is 0 Å². The zero-order chi connectivity index (χ0) is 15.6. The van der Waals surface area contributed by atoms with Crippen LogP contribution in [-0.4, -0.2) is 52.4 Å². The second-order valence-corrected chi connectivity index (χ2v) is 7.36. The first-order valence-electron chi connectivity index (χ1n) is 7.30. The van der Waals surface area contributed by atoms with Gasteiger partial charge in [0.2, 0.25) is 10.0 Å². The number of benzene rings is 1. The molecular weight excluding hydrogens is 342 g/mol. The van der Waals surface area contributed by atoms with Crippen LogP contribution in [0.2, 0.25) is 0 Å². The SMILES string of the molecule is Cl.O=C(Nc1cccc(N2CCCS2(=O)=O)c1)C1CNCCO1. The van der Waals surface area contributed by atoms with E-state index in [2.05, 4.69) is 10.6 Å². The first kappa shape index (κ1) is 18.0. The summed E-state index contributed by atoms with van der Waals surface area (Å²) in [5.41, 5.74) is 1.15. The first-order valence-corrected chi connectivity index (χ1v) is 8.91. The van der Waals surface area contributed by atoms with Gasteiger partial charge in [0.1, 0.15) is 6.10 Å².